The summed E-state index contributed by atoms with van der Waals surface area (Å²) < 4.78 is 5.01. The third kappa shape index (κ3) is 4.98. The molecular weight excluding hydrogens is 362 g/mol. The van der Waals surface area contributed by atoms with Gasteiger partial charge >= 0.3 is 5.97 Å². The Labute approximate surface area is 151 Å². The second-order valence-electron chi connectivity index (χ2n) is 5.37. The topological polar surface area (TPSA) is 162 Å². The van der Waals surface area contributed by atoms with E-state index >= 15 is 0 Å². The smallest absolute Gasteiger partial charge is 0.341 e. The van der Waals surface area contributed by atoms with Gasteiger partial charge in [0.2, 0.25) is 0 Å². The minimum atomic E-state index is -1.14. The van der Waals surface area contributed by atoms with Crippen molar-refractivity contribution in [1.29, 1.82) is 0 Å². The molecule has 0 aliphatic rings. The van der Waals surface area contributed by atoms with E-state index in [0.29, 0.717) is 11.3 Å². The van der Waals surface area contributed by atoms with Gasteiger partial charge in [0.1, 0.15) is 5.75 Å². The van der Waals surface area contributed by atoms with Crippen molar-refractivity contribution in [3.63, 3.8) is 0 Å². The fourth-order valence-corrected chi connectivity index (χ4v) is 2.14. The molecule has 0 bridgehead atoms. The van der Waals surface area contributed by atoms with Gasteiger partial charge in [-0.05, 0) is 30.7 Å². The SMILES string of the molecule is Cc1cc(OCC(=O)O)ccc1NC(=O)c1cc([N+](=O)[O-])cc([N+](=O)[O-])c1. The largest absolute Gasteiger partial charge is 0.482 e. The summed E-state index contributed by atoms with van der Waals surface area (Å²) in [6.07, 6.45) is 0. The number of amides is 1. The quantitative estimate of drug-likeness (QED) is 0.551. The first-order valence-corrected chi connectivity index (χ1v) is 7.38. The van der Waals surface area contributed by atoms with Crippen molar-refractivity contribution in [2.75, 3.05) is 11.9 Å². The lowest BCUT2D eigenvalue weighted by atomic mass is 10.1. The number of benzene rings is 2. The normalized spacial score (nSPS) is 10.1. The molecule has 0 spiro atoms. The molecule has 2 aromatic rings. The number of carbonyl (C=O) groups excluding carboxylic acids is 1. The van der Waals surface area contributed by atoms with E-state index in [-0.39, 0.29) is 11.3 Å². The van der Waals surface area contributed by atoms with Crippen LogP contribution in [0.15, 0.2) is 36.4 Å². The van der Waals surface area contributed by atoms with Crippen LogP contribution in [0.1, 0.15) is 15.9 Å². The number of carboxylic acid groups (broad SMARTS) is 1. The van der Waals surface area contributed by atoms with Gasteiger partial charge in [0.25, 0.3) is 17.3 Å². The predicted octanol–water partition coefficient (Wildman–Crippen LogP) is 2.53. The maximum Gasteiger partial charge on any atom is 0.341 e. The number of anilines is 1. The fourth-order valence-electron chi connectivity index (χ4n) is 2.14. The monoisotopic (exact) mass is 375 g/mol. The Balaban J connectivity index is 2.25. The highest BCUT2D eigenvalue weighted by atomic mass is 16.6. The van der Waals surface area contributed by atoms with E-state index in [1.54, 1.807) is 6.92 Å². The van der Waals surface area contributed by atoms with E-state index in [4.69, 9.17) is 9.84 Å². The Kier molecular flexibility index (Phi) is 5.65. The summed E-state index contributed by atoms with van der Waals surface area (Å²) in [4.78, 5) is 43.0. The number of ether oxygens (including phenoxy) is 1. The van der Waals surface area contributed by atoms with Crippen LogP contribution in [-0.4, -0.2) is 33.4 Å². The number of carbonyl (C=O) groups is 2. The van der Waals surface area contributed by atoms with E-state index in [1.807, 2.05) is 0 Å². The molecule has 0 saturated heterocycles. The molecule has 1 amide bonds. The molecule has 0 aromatic heterocycles. The van der Waals surface area contributed by atoms with Crippen LogP contribution in [0.25, 0.3) is 0 Å². The molecule has 2 rings (SSSR count). The van der Waals surface area contributed by atoms with Crippen LogP contribution in [0.5, 0.6) is 5.75 Å². The van der Waals surface area contributed by atoms with Crippen molar-refractivity contribution < 1.29 is 29.3 Å². The summed E-state index contributed by atoms with van der Waals surface area (Å²) in [6.45, 7) is 1.10. The van der Waals surface area contributed by atoms with Crippen molar-refractivity contribution in [1.82, 2.24) is 0 Å². The number of carboxylic acids is 1. The predicted molar refractivity (Wildman–Crippen MR) is 92.0 cm³/mol. The van der Waals surface area contributed by atoms with Gasteiger partial charge in [0, 0.05) is 17.8 Å². The first-order chi connectivity index (χ1) is 12.7. The Morgan fingerprint density at radius 1 is 1.07 bits per heavy atom. The number of hydrogen-bond acceptors (Lipinski definition) is 7. The van der Waals surface area contributed by atoms with Gasteiger partial charge in [0.05, 0.1) is 21.5 Å². The number of nitro groups is 2. The average Bonchev–Trinajstić information content (AvgIpc) is 2.61. The van der Waals surface area contributed by atoms with Crippen LogP contribution in [-0.2, 0) is 4.79 Å². The lowest BCUT2D eigenvalue weighted by molar-refractivity contribution is -0.394. The van der Waals surface area contributed by atoms with E-state index in [0.717, 1.165) is 18.2 Å². The number of aliphatic carboxylic acids is 1. The zero-order chi connectivity index (χ0) is 20.1. The number of rotatable bonds is 7. The van der Waals surface area contributed by atoms with E-state index in [1.165, 1.54) is 18.2 Å². The number of nitrogens with zero attached hydrogens (tertiary/aromatic N) is 2. The highest BCUT2D eigenvalue weighted by molar-refractivity contribution is 6.05. The van der Waals surface area contributed by atoms with Gasteiger partial charge in [-0.25, -0.2) is 4.79 Å². The van der Waals surface area contributed by atoms with Crippen LogP contribution >= 0.6 is 0 Å². The Bertz CT molecular complexity index is 909. The Morgan fingerprint density at radius 3 is 2.15 bits per heavy atom. The van der Waals surface area contributed by atoms with Gasteiger partial charge in [0.15, 0.2) is 6.61 Å². The molecule has 140 valence electrons. The summed E-state index contributed by atoms with van der Waals surface area (Å²) in [7, 11) is 0. The second-order valence-corrected chi connectivity index (χ2v) is 5.37. The van der Waals surface area contributed by atoms with Crippen LogP contribution in [0, 0.1) is 27.2 Å². The van der Waals surface area contributed by atoms with Crippen molar-refractivity contribution in [3.8, 4) is 5.75 Å². The molecule has 11 nitrogen and oxygen atoms in total. The summed E-state index contributed by atoms with van der Waals surface area (Å²) in [6, 6.07) is 7.01. The Hall–Kier alpha value is -4.02. The van der Waals surface area contributed by atoms with E-state index in [9.17, 15) is 29.8 Å². The van der Waals surface area contributed by atoms with Crippen molar-refractivity contribution >= 4 is 28.9 Å². The number of nitro benzene ring substituents is 2. The van der Waals surface area contributed by atoms with Crippen molar-refractivity contribution in [2.45, 2.75) is 6.92 Å². The number of nitrogens with one attached hydrogen (secondary N) is 1. The van der Waals surface area contributed by atoms with Crippen LogP contribution in [0.3, 0.4) is 0 Å². The number of non-ortho nitro benzene ring substituents is 2. The molecular formula is C16H13N3O8. The molecule has 2 N–H and O–H groups in total. The first-order valence-electron chi connectivity index (χ1n) is 7.38. The molecule has 11 heteroatoms. The highest BCUT2D eigenvalue weighted by Gasteiger charge is 2.20. The minimum Gasteiger partial charge on any atom is -0.482 e. The van der Waals surface area contributed by atoms with Crippen molar-refractivity contribution in [2.24, 2.45) is 0 Å². The average molecular weight is 375 g/mol. The summed E-state index contributed by atoms with van der Waals surface area (Å²) in [5.41, 5.74) is -0.545. The minimum absolute atomic E-state index is 0.249. The Morgan fingerprint density at radius 2 is 1.67 bits per heavy atom. The molecule has 0 heterocycles. The zero-order valence-electron chi connectivity index (χ0n) is 13.9. The van der Waals surface area contributed by atoms with Gasteiger partial charge in [-0.1, -0.05) is 0 Å². The molecule has 27 heavy (non-hydrogen) atoms. The third-order valence-electron chi connectivity index (χ3n) is 3.39. The second kappa shape index (κ2) is 7.91. The molecule has 0 saturated carbocycles. The summed E-state index contributed by atoms with van der Waals surface area (Å²) in [5, 5.41) is 32.9. The molecule has 0 unspecified atom stereocenters. The van der Waals surface area contributed by atoms with Crippen LogP contribution < -0.4 is 10.1 Å². The first kappa shape index (κ1) is 19.3. The molecule has 0 atom stereocenters. The van der Waals surface area contributed by atoms with Gasteiger partial charge in [-0.15, -0.1) is 0 Å². The standard InChI is InChI=1S/C16H13N3O8/c1-9-4-13(27-8-15(20)21)2-3-14(9)17-16(22)10-5-11(18(23)24)7-12(6-10)19(25)26/h2-7H,8H2,1H3,(H,17,22)(H,20,21). The van der Waals surface area contributed by atoms with E-state index < -0.39 is 39.7 Å². The molecule has 0 fully saturated rings. The number of hydrogen-bond donors (Lipinski definition) is 2. The molecule has 0 aliphatic heterocycles. The maximum absolute atomic E-state index is 12.4. The summed E-state index contributed by atoms with van der Waals surface area (Å²) in [5.74, 6) is -1.64. The van der Waals surface area contributed by atoms with Crippen molar-refractivity contribution in [3.05, 3.63) is 67.8 Å². The third-order valence-corrected chi connectivity index (χ3v) is 3.39. The molecule has 0 aliphatic carbocycles. The lowest BCUT2D eigenvalue weighted by Gasteiger charge is -2.10. The molecule has 0 radical (unpaired) electrons. The zero-order valence-corrected chi connectivity index (χ0v) is 13.9. The van der Waals surface area contributed by atoms with E-state index in [2.05, 4.69) is 5.32 Å². The van der Waals surface area contributed by atoms with Gasteiger partial charge in [-0.3, -0.25) is 25.0 Å². The maximum atomic E-state index is 12.4. The van der Waals surface area contributed by atoms with Crippen LogP contribution in [0.4, 0.5) is 17.1 Å². The van der Waals surface area contributed by atoms with Crippen LogP contribution in [0.2, 0.25) is 0 Å². The fraction of sp³-hybridized carbons (Fsp3) is 0.125. The van der Waals surface area contributed by atoms with Gasteiger partial charge < -0.3 is 15.2 Å². The summed E-state index contributed by atoms with van der Waals surface area (Å²) >= 11 is 0. The highest BCUT2D eigenvalue weighted by Crippen LogP contribution is 2.25. The van der Waals surface area contributed by atoms with Gasteiger partial charge in [-0.2, -0.15) is 0 Å². The molecule has 2 aromatic carbocycles. The lowest BCUT2D eigenvalue weighted by Crippen LogP contribution is -2.14. The number of aryl methyl sites for hydroxylation is 1.